The Bertz CT molecular complexity index is 688. The molecule has 0 saturated carbocycles. The lowest BCUT2D eigenvalue weighted by Crippen LogP contribution is -1.79. The number of nitrogens with zero attached hydrogens (tertiary/aromatic N) is 1. The van der Waals surface area contributed by atoms with Gasteiger partial charge in [0.15, 0.2) is 5.58 Å². The summed E-state index contributed by atoms with van der Waals surface area (Å²) in [5, 5.41) is 5.19. The molecule has 0 spiro atoms. The molecule has 0 atom stereocenters. The lowest BCUT2D eigenvalue weighted by atomic mass is 10.1. The van der Waals surface area contributed by atoms with E-state index in [9.17, 15) is 0 Å². The van der Waals surface area contributed by atoms with E-state index in [-0.39, 0.29) is 0 Å². The van der Waals surface area contributed by atoms with E-state index < -0.39 is 0 Å². The molecular formula is C14H10BrNO. The molecule has 84 valence electrons. The molecule has 0 aliphatic heterocycles. The quantitative estimate of drug-likeness (QED) is 0.655. The summed E-state index contributed by atoms with van der Waals surface area (Å²) in [6.07, 6.45) is 0. The zero-order valence-corrected chi connectivity index (χ0v) is 10.9. The van der Waals surface area contributed by atoms with E-state index in [0.717, 1.165) is 26.7 Å². The maximum absolute atomic E-state index is 5.34. The molecule has 0 fully saturated rings. The predicted molar refractivity (Wildman–Crippen MR) is 71.9 cm³/mol. The van der Waals surface area contributed by atoms with Crippen LogP contribution in [-0.4, -0.2) is 5.16 Å². The van der Waals surface area contributed by atoms with Gasteiger partial charge in [-0.25, -0.2) is 0 Å². The van der Waals surface area contributed by atoms with E-state index in [1.165, 1.54) is 5.56 Å². The molecule has 3 rings (SSSR count). The third-order valence-electron chi connectivity index (χ3n) is 2.73. The summed E-state index contributed by atoms with van der Waals surface area (Å²) >= 11 is 3.42. The van der Waals surface area contributed by atoms with Gasteiger partial charge in [0, 0.05) is 15.4 Å². The summed E-state index contributed by atoms with van der Waals surface area (Å²) in [6, 6.07) is 14.2. The highest BCUT2D eigenvalue weighted by Crippen LogP contribution is 2.29. The van der Waals surface area contributed by atoms with E-state index in [2.05, 4.69) is 40.1 Å². The highest BCUT2D eigenvalue weighted by atomic mass is 79.9. The highest BCUT2D eigenvalue weighted by molar-refractivity contribution is 9.10. The molecule has 1 heterocycles. The second-order valence-corrected chi connectivity index (χ2v) is 4.96. The van der Waals surface area contributed by atoms with Gasteiger partial charge in [0.1, 0.15) is 5.69 Å². The van der Waals surface area contributed by atoms with Crippen molar-refractivity contribution in [2.75, 3.05) is 0 Å². The molecule has 0 amide bonds. The number of benzene rings is 2. The number of aryl methyl sites for hydroxylation is 1. The van der Waals surface area contributed by atoms with Crippen LogP contribution in [0, 0.1) is 6.92 Å². The Hall–Kier alpha value is -1.61. The molecule has 0 N–H and O–H groups in total. The zero-order valence-electron chi connectivity index (χ0n) is 9.27. The molecule has 0 radical (unpaired) electrons. The van der Waals surface area contributed by atoms with E-state index >= 15 is 0 Å². The summed E-state index contributed by atoms with van der Waals surface area (Å²) in [5.74, 6) is 0. The zero-order chi connectivity index (χ0) is 11.8. The highest BCUT2D eigenvalue weighted by Gasteiger charge is 2.10. The van der Waals surface area contributed by atoms with Crippen LogP contribution in [0.5, 0.6) is 0 Å². The van der Waals surface area contributed by atoms with Crippen molar-refractivity contribution >= 4 is 26.9 Å². The van der Waals surface area contributed by atoms with Crippen LogP contribution in [0.2, 0.25) is 0 Å². The van der Waals surface area contributed by atoms with Gasteiger partial charge in [-0.15, -0.1) is 0 Å². The van der Waals surface area contributed by atoms with Crippen molar-refractivity contribution in [1.29, 1.82) is 0 Å². The molecular weight excluding hydrogens is 278 g/mol. The second-order valence-electron chi connectivity index (χ2n) is 4.04. The van der Waals surface area contributed by atoms with E-state index in [1.54, 1.807) is 0 Å². The molecule has 2 aromatic carbocycles. The number of aromatic nitrogens is 1. The van der Waals surface area contributed by atoms with Crippen LogP contribution in [0.1, 0.15) is 5.56 Å². The van der Waals surface area contributed by atoms with Crippen LogP contribution in [0.3, 0.4) is 0 Å². The third-order valence-corrected chi connectivity index (χ3v) is 3.22. The number of rotatable bonds is 1. The molecule has 0 unspecified atom stereocenters. The van der Waals surface area contributed by atoms with Gasteiger partial charge in [-0.2, -0.15) is 0 Å². The SMILES string of the molecule is Cc1cccc(-c2noc3cc(Br)ccc23)c1. The smallest absolute Gasteiger partial charge is 0.168 e. The fourth-order valence-electron chi connectivity index (χ4n) is 1.91. The molecule has 17 heavy (non-hydrogen) atoms. The number of hydrogen-bond donors (Lipinski definition) is 0. The molecule has 0 aliphatic rings. The summed E-state index contributed by atoms with van der Waals surface area (Å²) < 4.78 is 6.34. The van der Waals surface area contributed by atoms with Crippen molar-refractivity contribution in [1.82, 2.24) is 5.16 Å². The van der Waals surface area contributed by atoms with Gasteiger partial charge >= 0.3 is 0 Å². The summed E-state index contributed by atoms with van der Waals surface area (Å²) in [7, 11) is 0. The Morgan fingerprint density at radius 3 is 2.82 bits per heavy atom. The van der Waals surface area contributed by atoms with E-state index in [4.69, 9.17) is 4.52 Å². The first kappa shape index (κ1) is 10.5. The molecule has 0 aliphatic carbocycles. The van der Waals surface area contributed by atoms with Crippen molar-refractivity contribution in [3.05, 3.63) is 52.5 Å². The monoisotopic (exact) mass is 287 g/mol. The van der Waals surface area contributed by atoms with Gasteiger partial charge in [0.25, 0.3) is 0 Å². The Morgan fingerprint density at radius 2 is 2.00 bits per heavy atom. The fraction of sp³-hybridized carbons (Fsp3) is 0.0714. The van der Waals surface area contributed by atoms with Crippen LogP contribution in [-0.2, 0) is 0 Å². The first-order chi connectivity index (χ1) is 8.24. The number of hydrogen-bond acceptors (Lipinski definition) is 2. The van der Waals surface area contributed by atoms with E-state index in [1.807, 2.05) is 30.3 Å². The van der Waals surface area contributed by atoms with Gasteiger partial charge in [0.05, 0.1) is 0 Å². The van der Waals surface area contributed by atoms with Gasteiger partial charge in [-0.3, -0.25) is 0 Å². The Balaban J connectivity index is 2.24. The third kappa shape index (κ3) is 1.87. The molecule has 0 bridgehead atoms. The van der Waals surface area contributed by atoms with Crippen molar-refractivity contribution in [2.24, 2.45) is 0 Å². The Labute approximate surface area is 107 Å². The van der Waals surface area contributed by atoms with Crippen molar-refractivity contribution in [2.45, 2.75) is 6.92 Å². The average molecular weight is 288 g/mol. The molecule has 3 heteroatoms. The number of fused-ring (bicyclic) bond motifs is 1. The molecule has 3 aromatic rings. The predicted octanol–water partition coefficient (Wildman–Crippen LogP) is 4.57. The first-order valence-electron chi connectivity index (χ1n) is 5.36. The van der Waals surface area contributed by atoms with Crippen molar-refractivity contribution in [3.63, 3.8) is 0 Å². The topological polar surface area (TPSA) is 26.0 Å². The van der Waals surface area contributed by atoms with Crippen LogP contribution >= 0.6 is 15.9 Å². The van der Waals surface area contributed by atoms with Crippen LogP contribution < -0.4 is 0 Å². The maximum Gasteiger partial charge on any atom is 0.168 e. The standard InChI is InChI=1S/C14H10BrNO/c1-9-3-2-4-10(7-9)14-12-6-5-11(15)8-13(12)17-16-14/h2-8H,1H3. The van der Waals surface area contributed by atoms with Gasteiger partial charge in [-0.1, -0.05) is 44.8 Å². The minimum Gasteiger partial charge on any atom is -0.356 e. The summed E-state index contributed by atoms with van der Waals surface area (Å²) in [5.41, 5.74) is 4.01. The average Bonchev–Trinajstić information content (AvgIpc) is 2.71. The maximum atomic E-state index is 5.34. The minimum absolute atomic E-state index is 0.802. The first-order valence-corrected chi connectivity index (χ1v) is 6.15. The van der Waals surface area contributed by atoms with Gasteiger partial charge in [-0.05, 0) is 31.2 Å². The Kier molecular flexibility index (Phi) is 2.48. The van der Waals surface area contributed by atoms with Crippen LogP contribution in [0.4, 0.5) is 0 Å². The fourth-order valence-corrected chi connectivity index (χ4v) is 2.25. The molecule has 2 nitrogen and oxygen atoms in total. The molecule has 0 saturated heterocycles. The van der Waals surface area contributed by atoms with Crippen LogP contribution in [0.25, 0.3) is 22.2 Å². The Morgan fingerprint density at radius 1 is 1.12 bits per heavy atom. The second kappa shape index (κ2) is 4.00. The largest absolute Gasteiger partial charge is 0.356 e. The van der Waals surface area contributed by atoms with Crippen LogP contribution in [0.15, 0.2) is 51.5 Å². The summed E-state index contributed by atoms with van der Waals surface area (Å²) in [4.78, 5) is 0. The number of halogens is 1. The minimum atomic E-state index is 0.802. The molecule has 1 aromatic heterocycles. The van der Waals surface area contributed by atoms with Gasteiger partial charge < -0.3 is 4.52 Å². The van der Waals surface area contributed by atoms with Crippen molar-refractivity contribution < 1.29 is 4.52 Å². The van der Waals surface area contributed by atoms with E-state index in [0.29, 0.717) is 0 Å². The van der Waals surface area contributed by atoms with Crippen molar-refractivity contribution in [3.8, 4) is 11.3 Å². The normalized spacial score (nSPS) is 10.9. The lowest BCUT2D eigenvalue weighted by Gasteiger charge is -1.98. The van der Waals surface area contributed by atoms with Gasteiger partial charge in [0.2, 0.25) is 0 Å². The summed E-state index contributed by atoms with van der Waals surface area (Å²) in [6.45, 7) is 2.07. The lowest BCUT2D eigenvalue weighted by molar-refractivity contribution is 0.459.